The summed E-state index contributed by atoms with van der Waals surface area (Å²) in [7, 11) is 0. The highest BCUT2D eigenvalue weighted by atomic mass is 35.5. The van der Waals surface area contributed by atoms with Crippen LogP contribution in [0.25, 0.3) is 6.08 Å². The minimum atomic E-state index is -0.508. The van der Waals surface area contributed by atoms with Gasteiger partial charge in [-0.1, -0.05) is 47.1 Å². The van der Waals surface area contributed by atoms with E-state index in [9.17, 15) is 4.79 Å². The molecule has 0 bridgehead atoms. The standard InChI is InChI=1S/C20H18ClNO4/c1-3-24-17-12-13(11-16(21)19(17)25-4-2)10-15-18(22-26-20(15)23)14-8-6-5-7-9-14/h5-12H,3-4H2,1-2H3/b15-10-. The van der Waals surface area contributed by atoms with Crippen molar-refractivity contribution in [3.63, 3.8) is 0 Å². The number of carbonyl (C=O) groups is 1. The van der Waals surface area contributed by atoms with E-state index in [1.54, 1.807) is 18.2 Å². The van der Waals surface area contributed by atoms with E-state index in [0.29, 0.717) is 46.6 Å². The predicted octanol–water partition coefficient (Wildman–Crippen LogP) is 4.48. The normalized spacial score (nSPS) is 15.0. The Morgan fingerprint density at radius 3 is 2.54 bits per heavy atom. The molecule has 0 fully saturated rings. The summed E-state index contributed by atoms with van der Waals surface area (Å²) in [5, 5.41) is 4.31. The Hall–Kier alpha value is -2.79. The minimum Gasteiger partial charge on any atom is -0.490 e. The lowest BCUT2D eigenvalue weighted by Gasteiger charge is -2.13. The third-order valence-electron chi connectivity index (χ3n) is 3.67. The summed E-state index contributed by atoms with van der Waals surface area (Å²) in [4.78, 5) is 17.0. The zero-order chi connectivity index (χ0) is 18.5. The molecule has 0 aliphatic carbocycles. The van der Waals surface area contributed by atoms with Gasteiger partial charge in [0.05, 0.1) is 23.8 Å². The van der Waals surface area contributed by atoms with Gasteiger partial charge in [-0.2, -0.15) is 0 Å². The van der Waals surface area contributed by atoms with Crippen molar-refractivity contribution in [3.8, 4) is 11.5 Å². The van der Waals surface area contributed by atoms with Crippen molar-refractivity contribution in [3.05, 3.63) is 64.2 Å². The average molecular weight is 372 g/mol. The van der Waals surface area contributed by atoms with Gasteiger partial charge in [-0.05, 0) is 37.6 Å². The first-order valence-electron chi connectivity index (χ1n) is 8.30. The van der Waals surface area contributed by atoms with Crippen LogP contribution >= 0.6 is 11.6 Å². The molecule has 134 valence electrons. The number of hydrogen-bond acceptors (Lipinski definition) is 5. The molecule has 0 spiro atoms. The van der Waals surface area contributed by atoms with Crippen molar-refractivity contribution < 1.29 is 19.1 Å². The molecular weight excluding hydrogens is 354 g/mol. The van der Waals surface area contributed by atoms with Gasteiger partial charge in [-0.15, -0.1) is 0 Å². The number of rotatable bonds is 6. The average Bonchev–Trinajstić information content (AvgIpc) is 3.00. The second-order valence-corrected chi connectivity index (χ2v) is 5.85. The lowest BCUT2D eigenvalue weighted by Crippen LogP contribution is -2.07. The molecule has 0 aromatic heterocycles. The second kappa shape index (κ2) is 8.06. The number of nitrogens with zero attached hydrogens (tertiary/aromatic N) is 1. The van der Waals surface area contributed by atoms with Gasteiger partial charge >= 0.3 is 5.97 Å². The van der Waals surface area contributed by atoms with Gasteiger partial charge in [0.1, 0.15) is 5.71 Å². The van der Waals surface area contributed by atoms with Gasteiger partial charge in [-0.25, -0.2) is 4.79 Å². The zero-order valence-corrected chi connectivity index (χ0v) is 15.2. The number of ether oxygens (including phenoxy) is 2. The van der Waals surface area contributed by atoms with E-state index >= 15 is 0 Å². The third kappa shape index (κ3) is 3.73. The van der Waals surface area contributed by atoms with Gasteiger partial charge < -0.3 is 14.3 Å². The van der Waals surface area contributed by atoms with Crippen LogP contribution in [0.5, 0.6) is 11.5 Å². The summed E-state index contributed by atoms with van der Waals surface area (Å²) >= 11 is 6.34. The van der Waals surface area contributed by atoms with E-state index in [2.05, 4.69) is 5.16 Å². The quantitative estimate of drug-likeness (QED) is 0.555. The summed E-state index contributed by atoms with van der Waals surface area (Å²) < 4.78 is 11.2. The molecular formula is C20H18ClNO4. The Balaban J connectivity index is 2.03. The van der Waals surface area contributed by atoms with E-state index in [1.807, 2.05) is 44.2 Å². The second-order valence-electron chi connectivity index (χ2n) is 5.44. The fraction of sp³-hybridized carbons (Fsp3) is 0.200. The maximum atomic E-state index is 12.1. The zero-order valence-electron chi connectivity index (χ0n) is 14.5. The van der Waals surface area contributed by atoms with Gasteiger partial charge in [0.2, 0.25) is 0 Å². The molecule has 5 nitrogen and oxygen atoms in total. The van der Waals surface area contributed by atoms with E-state index in [0.717, 1.165) is 5.56 Å². The molecule has 26 heavy (non-hydrogen) atoms. The molecule has 0 saturated carbocycles. The summed E-state index contributed by atoms with van der Waals surface area (Å²) in [6.07, 6.45) is 1.69. The highest BCUT2D eigenvalue weighted by Crippen LogP contribution is 2.37. The van der Waals surface area contributed by atoms with Gasteiger partial charge in [0.15, 0.2) is 11.5 Å². The Labute approximate surface area is 156 Å². The Kier molecular flexibility index (Phi) is 5.58. The molecule has 2 aromatic rings. The van der Waals surface area contributed by atoms with Crippen molar-refractivity contribution in [2.24, 2.45) is 5.16 Å². The van der Waals surface area contributed by atoms with Crippen LogP contribution in [0.1, 0.15) is 25.0 Å². The first kappa shape index (κ1) is 18.0. The summed E-state index contributed by atoms with van der Waals surface area (Å²) in [6.45, 7) is 4.69. The smallest absolute Gasteiger partial charge is 0.368 e. The molecule has 0 saturated heterocycles. The Morgan fingerprint density at radius 1 is 1.12 bits per heavy atom. The van der Waals surface area contributed by atoms with Crippen molar-refractivity contribution in [1.29, 1.82) is 0 Å². The number of benzene rings is 2. The Bertz CT molecular complexity index is 875. The van der Waals surface area contributed by atoms with E-state index in [1.165, 1.54) is 0 Å². The maximum Gasteiger partial charge on any atom is 0.368 e. The summed E-state index contributed by atoms with van der Waals surface area (Å²) in [5.41, 5.74) is 2.34. The molecule has 1 aliphatic rings. The van der Waals surface area contributed by atoms with Crippen LogP contribution in [0, 0.1) is 0 Å². The van der Waals surface area contributed by atoms with Crippen LogP contribution in [0.15, 0.2) is 53.2 Å². The number of oxime groups is 1. The Morgan fingerprint density at radius 2 is 1.85 bits per heavy atom. The molecule has 0 unspecified atom stereocenters. The monoisotopic (exact) mass is 371 g/mol. The molecule has 0 radical (unpaired) electrons. The third-order valence-corrected chi connectivity index (χ3v) is 3.95. The molecule has 3 rings (SSSR count). The van der Waals surface area contributed by atoms with Crippen LogP contribution in [0.3, 0.4) is 0 Å². The molecule has 0 atom stereocenters. The number of halogens is 1. The maximum absolute atomic E-state index is 12.1. The van der Waals surface area contributed by atoms with E-state index in [-0.39, 0.29) is 0 Å². The van der Waals surface area contributed by atoms with Crippen molar-refractivity contribution in [2.45, 2.75) is 13.8 Å². The molecule has 0 N–H and O–H groups in total. The highest BCUT2D eigenvalue weighted by Gasteiger charge is 2.27. The van der Waals surface area contributed by atoms with Gasteiger partial charge in [0, 0.05) is 5.56 Å². The molecule has 1 aliphatic heterocycles. The van der Waals surface area contributed by atoms with E-state index in [4.69, 9.17) is 25.9 Å². The fourth-order valence-corrected chi connectivity index (χ4v) is 2.87. The summed E-state index contributed by atoms with van der Waals surface area (Å²) in [6, 6.07) is 12.9. The highest BCUT2D eigenvalue weighted by molar-refractivity contribution is 6.33. The molecule has 0 amide bonds. The fourth-order valence-electron chi connectivity index (χ4n) is 2.60. The van der Waals surface area contributed by atoms with Crippen LogP contribution in [0.4, 0.5) is 0 Å². The van der Waals surface area contributed by atoms with E-state index < -0.39 is 5.97 Å². The first-order valence-corrected chi connectivity index (χ1v) is 8.67. The predicted molar refractivity (Wildman–Crippen MR) is 101 cm³/mol. The lowest BCUT2D eigenvalue weighted by molar-refractivity contribution is -0.136. The van der Waals surface area contributed by atoms with Crippen molar-refractivity contribution in [2.75, 3.05) is 13.2 Å². The van der Waals surface area contributed by atoms with Crippen molar-refractivity contribution in [1.82, 2.24) is 0 Å². The largest absolute Gasteiger partial charge is 0.490 e. The topological polar surface area (TPSA) is 57.1 Å². The molecule has 1 heterocycles. The van der Waals surface area contributed by atoms with Gasteiger partial charge in [0.25, 0.3) is 0 Å². The van der Waals surface area contributed by atoms with Crippen molar-refractivity contribution >= 4 is 29.4 Å². The van der Waals surface area contributed by atoms with Crippen LogP contribution < -0.4 is 9.47 Å². The first-order chi connectivity index (χ1) is 12.6. The van der Waals surface area contributed by atoms with Crippen LogP contribution in [-0.4, -0.2) is 24.9 Å². The van der Waals surface area contributed by atoms with Crippen LogP contribution in [-0.2, 0) is 9.63 Å². The summed E-state index contributed by atoms with van der Waals surface area (Å²) in [5.74, 6) is 0.509. The van der Waals surface area contributed by atoms with Gasteiger partial charge in [-0.3, -0.25) is 0 Å². The lowest BCUT2D eigenvalue weighted by atomic mass is 10.0. The number of hydrogen-bond donors (Lipinski definition) is 0. The molecule has 6 heteroatoms. The SMILES string of the molecule is CCOc1cc(/C=C2\C(=O)ON=C2c2ccccc2)cc(Cl)c1OCC. The van der Waals surface area contributed by atoms with Crippen LogP contribution in [0.2, 0.25) is 5.02 Å². The molecule has 2 aromatic carbocycles. The minimum absolute atomic E-state index is 0.360. The number of carbonyl (C=O) groups excluding carboxylic acids is 1.